The lowest BCUT2D eigenvalue weighted by Gasteiger charge is -2.19. The van der Waals surface area contributed by atoms with Crippen LogP contribution in [0.2, 0.25) is 0 Å². The summed E-state index contributed by atoms with van der Waals surface area (Å²) in [6.45, 7) is 3.23. The summed E-state index contributed by atoms with van der Waals surface area (Å²) >= 11 is 1.48. The number of benzene rings is 1. The van der Waals surface area contributed by atoms with Gasteiger partial charge in [-0.25, -0.2) is 4.39 Å². The Balaban J connectivity index is 1.69. The lowest BCUT2D eigenvalue weighted by atomic mass is 10.1. The summed E-state index contributed by atoms with van der Waals surface area (Å²) < 4.78 is 14.0. The summed E-state index contributed by atoms with van der Waals surface area (Å²) in [6, 6.07) is 7.97. The molecule has 0 spiro atoms. The van der Waals surface area contributed by atoms with Crippen molar-refractivity contribution in [3.05, 3.63) is 46.4 Å². The van der Waals surface area contributed by atoms with Crippen molar-refractivity contribution in [2.24, 2.45) is 0 Å². The van der Waals surface area contributed by atoms with Crippen molar-refractivity contribution in [2.45, 2.75) is 32.2 Å². The Hall–Kier alpha value is -2.41. The first-order valence-electron chi connectivity index (χ1n) is 8.67. The summed E-state index contributed by atoms with van der Waals surface area (Å²) in [5.74, 6) is -0.838. The Kier molecular flexibility index (Phi) is 5.88. The van der Waals surface area contributed by atoms with Crippen molar-refractivity contribution in [2.75, 3.05) is 23.3 Å². The van der Waals surface area contributed by atoms with Crippen LogP contribution in [0.4, 0.5) is 15.8 Å². The second kappa shape index (κ2) is 8.31. The highest BCUT2D eigenvalue weighted by Crippen LogP contribution is 2.26. The molecule has 1 aliphatic rings. The molecule has 7 heteroatoms. The van der Waals surface area contributed by atoms with Crippen LogP contribution in [0.25, 0.3) is 0 Å². The molecule has 2 aromatic rings. The number of carbonyl (C=O) groups excluding carboxylic acids is 2. The molecule has 1 aromatic carbocycles. The molecular weight excluding hydrogens is 353 g/mol. The maximum Gasteiger partial charge on any atom is 0.226 e. The third kappa shape index (κ3) is 4.82. The summed E-state index contributed by atoms with van der Waals surface area (Å²) in [5, 5.41) is 7.45. The molecule has 1 unspecified atom stereocenters. The zero-order valence-electron chi connectivity index (χ0n) is 14.6. The molecule has 0 aliphatic carbocycles. The van der Waals surface area contributed by atoms with E-state index in [0.717, 1.165) is 36.5 Å². The molecule has 2 N–H and O–H groups in total. The average Bonchev–Trinajstić information content (AvgIpc) is 3.27. The van der Waals surface area contributed by atoms with Crippen LogP contribution in [-0.2, 0) is 9.59 Å². The number of amides is 2. The number of hydrogen-bond donors (Lipinski definition) is 2. The standard InChI is InChI=1S/C19H22FN3O2S/c1-13(24)21-17(18-5-4-8-26-18)12-19(25)22-15-9-14(20)10-16(11-15)23-6-2-3-7-23/h4-5,8-11,17H,2-3,6-7,12H2,1H3,(H,21,24)(H,22,25). The van der Waals surface area contributed by atoms with Crippen LogP contribution in [0.5, 0.6) is 0 Å². The highest BCUT2D eigenvalue weighted by molar-refractivity contribution is 7.10. The van der Waals surface area contributed by atoms with E-state index in [1.807, 2.05) is 17.5 Å². The number of nitrogens with zero attached hydrogens (tertiary/aromatic N) is 1. The summed E-state index contributed by atoms with van der Waals surface area (Å²) in [4.78, 5) is 26.9. The van der Waals surface area contributed by atoms with Crippen molar-refractivity contribution in [1.82, 2.24) is 5.32 Å². The summed E-state index contributed by atoms with van der Waals surface area (Å²) in [7, 11) is 0. The van der Waals surface area contributed by atoms with Gasteiger partial charge in [0.2, 0.25) is 11.8 Å². The molecule has 26 heavy (non-hydrogen) atoms. The maximum atomic E-state index is 14.0. The highest BCUT2D eigenvalue weighted by atomic mass is 32.1. The van der Waals surface area contributed by atoms with Gasteiger partial charge < -0.3 is 15.5 Å². The number of halogens is 1. The first kappa shape index (κ1) is 18.4. The Morgan fingerprint density at radius 1 is 1.27 bits per heavy atom. The number of anilines is 2. The molecule has 0 bridgehead atoms. The van der Waals surface area contributed by atoms with Crippen LogP contribution in [0.15, 0.2) is 35.7 Å². The predicted octanol–water partition coefficient (Wildman–Crippen LogP) is 3.69. The monoisotopic (exact) mass is 375 g/mol. The van der Waals surface area contributed by atoms with Crippen LogP contribution in [0, 0.1) is 5.82 Å². The van der Waals surface area contributed by atoms with Crippen molar-refractivity contribution in [3.63, 3.8) is 0 Å². The van der Waals surface area contributed by atoms with E-state index >= 15 is 0 Å². The maximum absolute atomic E-state index is 14.0. The minimum Gasteiger partial charge on any atom is -0.371 e. The molecule has 2 amide bonds. The van der Waals surface area contributed by atoms with Crippen molar-refractivity contribution < 1.29 is 14.0 Å². The summed E-state index contributed by atoms with van der Waals surface area (Å²) in [5.41, 5.74) is 1.22. The van der Waals surface area contributed by atoms with Gasteiger partial charge in [0.25, 0.3) is 0 Å². The lowest BCUT2D eigenvalue weighted by Crippen LogP contribution is -2.29. The third-order valence-corrected chi connectivity index (χ3v) is 5.28. The quantitative estimate of drug-likeness (QED) is 0.809. The van der Waals surface area contributed by atoms with Crippen molar-refractivity contribution in [1.29, 1.82) is 0 Å². The largest absolute Gasteiger partial charge is 0.371 e. The fourth-order valence-electron chi connectivity index (χ4n) is 3.16. The van der Waals surface area contributed by atoms with E-state index in [-0.39, 0.29) is 30.1 Å². The second-order valence-corrected chi connectivity index (χ2v) is 7.39. The van der Waals surface area contributed by atoms with Gasteiger partial charge in [0.15, 0.2) is 0 Å². The number of thiophene rings is 1. The molecule has 1 aliphatic heterocycles. The van der Waals surface area contributed by atoms with Gasteiger partial charge in [0, 0.05) is 36.3 Å². The zero-order chi connectivity index (χ0) is 18.5. The molecule has 0 radical (unpaired) electrons. The summed E-state index contributed by atoms with van der Waals surface area (Å²) in [6.07, 6.45) is 2.28. The molecule has 1 fully saturated rings. The number of nitrogens with one attached hydrogen (secondary N) is 2. The molecule has 5 nitrogen and oxygen atoms in total. The lowest BCUT2D eigenvalue weighted by molar-refractivity contribution is -0.120. The first-order chi connectivity index (χ1) is 12.5. The first-order valence-corrected chi connectivity index (χ1v) is 9.55. The Morgan fingerprint density at radius 3 is 2.69 bits per heavy atom. The smallest absolute Gasteiger partial charge is 0.226 e. The molecule has 138 valence electrons. The SMILES string of the molecule is CC(=O)NC(CC(=O)Nc1cc(F)cc(N2CCCC2)c1)c1cccs1. The van der Waals surface area contributed by atoms with Gasteiger partial charge in [-0.05, 0) is 42.5 Å². The average molecular weight is 375 g/mol. The molecule has 3 rings (SSSR count). The van der Waals surface area contributed by atoms with Gasteiger partial charge in [-0.3, -0.25) is 9.59 Å². The highest BCUT2D eigenvalue weighted by Gasteiger charge is 2.19. The van der Waals surface area contributed by atoms with Gasteiger partial charge in [0.1, 0.15) is 5.82 Å². The molecule has 1 atom stereocenters. The van der Waals surface area contributed by atoms with E-state index in [1.165, 1.54) is 30.4 Å². The number of hydrogen-bond acceptors (Lipinski definition) is 4. The van der Waals surface area contributed by atoms with Crippen LogP contribution in [0.1, 0.15) is 37.1 Å². The minimum absolute atomic E-state index is 0.0929. The van der Waals surface area contributed by atoms with Crippen LogP contribution in [0.3, 0.4) is 0 Å². The molecule has 2 heterocycles. The van der Waals surface area contributed by atoms with E-state index in [1.54, 1.807) is 6.07 Å². The predicted molar refractivity (Wildman–Crippen MR) is 102 cm³/mol. The number of rotatable bonds is 6. The molecule has 0 saturated carbocycles. The molecule has 1 saturated heterocycles. The fourth-order valence-corrected chi connectivity index (χ4v) is 3.94. The van der Waals surface area contributed by atoms with Crippen molar-refractivity contribution in [3.8, 4) is 0 Å². The number of carbonyl (C=O) groups is 2. The second-order valence-electron chi connectivity index (χ2n) is 6.41. The van der Waals surface area contributed by atoms with Crippen LogP contribution >= 0.6 is 11.3 Å². The Morgan fingerprint density at radius 2 is 2.04 bits per heavy atom. The minimum atomic E-state index is -0.390. The fraction of sp³-hybridized carbons (Fsp3) is 0.368. The normalized spacial score (nSPS) is 14.9. The Labute approximate surface area is 156 Å². The van der Waals surface area contributed by atoms with E-state index in [2.05, 4.69) is 15.5 Å². The molecular formula is C19H22FN3O2S. The van der Waals surface area contributed by atoms with E-state index in [4.69, 9.17) is 0 Å². The Bertz CT molecular complexity index is 773. The third-order valence-electron chi connectivity index (χ3n) is 4.29. The van der Waals surface area contributed by atoms with Gasteiger partial charge in [0.05, 0.1) is 12.5 Å². The van der Waals surface area contributed by atoms with Crippen LogP contribution < -0.4 is 15.5 Å². The van der Waals surface area contributed by atoms with Gasteiger partial charge >= 0.3 is 0 Å². The van der Waals surface area contributed by atoms with E-state index in [9.17, 15) is 14.0 Å². The van der Waals surface area contributed by atoms with E-state index < -0.39 is 0 Å². The zero-order valence-corrected chi connectivity index (χ0v) is 15.4. The van der Waals surface area contributed by atoms with E-state index in [0.29, 0.717) is 5.69 Å². The molecule has 1 aromatic heterocycles. The van der Waals surface area contributed by atoms with Gasteiger partial charge in [-0.1, -0.05) is 6.07 Å². The topological polar surface area (TPSA) is 61.4 Å². The van der Waals surface area contributed by atoms with Gasteiger partial charge in [-0.15, -0.1) is 11.3 Å². The van der Waals surface area contributed by atoms with Crippen LogP contribution in [-0.4, -0.2) is 24.9 Å². The van der Waals surface area contributed by atoms with Gasteiger partial charge in [-0.2, -0.15) is 0 Å². The van der Waals surface area contributed by atoms with Crippen molar-refractivity contribution >= 4 is 34.5 Å².